The predicted molar refractivity (Wildman–Crippen MR) is 105 cm³/mol. The molecule has 2 aliphatic heterocycles. The Balaban J connectivity index is 1.58. The van der Waals surface area contributed by atoms with Crippen LogP contribution in [0, 0.1) is 11.6 Å². The van der Waals surface area contributed by atoms with Gasteiger partial charge in [0.15, 0.2) is 0 Å². The first-order valence-corrected chi connectivity index (χ1v) is 11.2. The highest BCUT2D eigenvalue weighted by Gasteiger charge is 2.49. The molecule has 1 N–H and O–H groups in total. The Morgan fingerprint density at radius 3 is 2.40 bits per heavy atom. The minimum atomic E-state index is -4.25. The maximum atomic E-state index is 14.4. The molecule has 0 amide bonds. The van der Waals surface area contributed by atoms with Crippen molar-refractivity contribution in [2.24, 2.45) is 0 Å². The number of rotatable bonds is 5. The summed E-state index contributed by atoms with van der Waals surface area (Å²) in [4.78, 5) is 13.0. The highest BCUT2D eigenvalue weighted by atomic mass is 32.2. The number of nitrogens with zero attached hydrogens (tertiary/aromatic N) is 2. The van der Waals surface area contributed by atoms with E-state index in [0.29, 0.717) is 32.0 Å². The first-order valence-electron chi connectivity index (χ1n) is 9.78. The Morgan fingerprint density at radius 2 is 1.77 bits per heavy atom. The van der Waals surface area contributed by atoms with Gasteiger partial charge in [-0.25, -0.2) is 17.2 Å². The van der Waals surface area contributed by atoms with Crippen molar-refractivity contribution in [2.45, 2.75) is 42.8 Å². The first-order chi connectivity index (χ1) is 14.3. The Bertz CT molecular complexity index is 1050. The molecule has 1 saturated heterocycles. The van der Waals surface area contributed by atoms with Crippen LogP contribution in [0.1, 0.15) is 36.4 Å². The Morgan fingerprint density at radius 1 is 1.10 bits per heavy atom. The fourth-order valence-electron chi connectivity index (χ4n) is 4.50. The molecule has 0 radical (unpaired) electrons. The number of hydrogen-bond donors (Lipinski definition) is 1. The number of sulfonamides is 1. The van der Waals surface area contributed by atoms with Crippen molar-refractivity contribution in [3.8, 4) is 0 Å². The van der Waals surface area contributed by atoms with Gasteiger partial charge in [-0.15, -0.1) is 0 Å². The second-order valence-corrected chi connectivity index (χ2v) is 9.53. The summed E-state index contributed by atoms with van der Waals surface area (Å²) in [6, 6.07) is 9.78. The molecule has 2 heterocycles. The summed E-state index contributed by atoms with van der Waals surface area (Å²) in [5.74, 6) is -3.32. The van der Waals surface area contributed by atoms with Crippen LogP contribution in [0.3, 0.4) is 0 Å². The van der Waals surface area contributed by atoms with E-state index in [0.717, 1.165) is 22.5 Å². The number of carboxylic acids is 1. The zero-order chi connectivity index (χ0) is 21.5. The number of fused-ring (bicyclic) bond motifs is 1. The molecule has 2 aromatic rings. The number of aliphatic carboxylic acids is 1. The standard InChI is InChI=1S/C21H22F2N2O4S/c22-15-10-17-19(12-20(26)27)25(30(28,29)21(17)18(23)11-15)16-6-8-24(9-7-16)13-14-4-2-1-3-5-14/h1-5,10-11,16,19H,6-9,12-13H2,(H,26,27)/t19-/m0/s1. The maximum Gasteiger partial charge on any atom is 0.305 e. The number of hydrogen-bond acceptors (Lipinski definition) is 4. The fourth-order valence-corrected chi connectivity index (χ4v) is 6.63. The molecule has 2 aliphatic rings. The molecule has 160 valence electrons. The molecule has 0 aromatic heterocycles. The molecule has 0 spiro atoms. The normalized spacial score (nSPS) is 22.1. The third-order valence-corrected chi connectivity index (χ3v) is 7.83. The zero-order valence-corrected chi connectivity index (χ0v) is 17.0. The van der Waals surface area contributed by atoms with E-state index in [-0.39, 0.29) is 5.56 Å². The van der Waals surface area contributed by atoms with Gasteiger partial charge in [-0.2, -0.15) is 4.31 Å². The highest BCUT2D eigenvalue weighted by Crippen LogP contribution is 2.45. The third kappa shape index (κ3) is 3.84. The van der Waals surface area contributed by atoms with E-state index >= 15 is 0 Å². The smallest absolute Gasteiger partial charge is 0.305 e. The summed E-state index contributed by atoms with van der Waals surface area (Å²) in [5, 5.41) is 9.31. The van der Waals surface area contributed by atoms with Gasteiger partial charge in [0.05, 0.1) is 12.5 Å². The molecular formula is C21H22F2N2O4S. The summed E-state index contributed by atoms with van der Waals surface area (Å²) >= 11 is 0. The largest absolute Gasteiger partial charge is 0.481 e. The van der Waals surface area contributed by atoms with Crippen molar-refractivity contribution in [2.75, 3.05) is 13.1 Å². The Labute approximate surface area is 173 Å². The van der Waals surface area contributed by atoms with Gasteiger partial charge >= 0.3 is 5.97 Å². The van der Waals surface area contributed by atoms with Crippen LogP contribution in [0.15, 0.2) is 47.4 Å². The molecule has 0 saturated carbocycles. The lowest BCUT2D eigenvalue weighted by Crippen LogP contribution is -2.46. The Kier molecular flexibility index (Phi) is 5.61. The van der Waals surface area contributed by atoms with E-state index in [2.05, 4.69) is 4.90 Å². The minimum absolute atomic E-state index is 0.110. The quantitative estimate of drug-likeness (QED) is 0.779. The van der Waals surface area contributed by atoms with Gasteiger partial charge in [0.2, 0.25) is 10.0 Å². The van der Waals surface area contributed by atoms with Crippen molar-refractivity contribution >= 4 is 16.0 Å². The van der Waals surface area contributed by atoms with E-state index in [1.54, 1.807) is 0 Å². The SMILES string of the molecule is O=C(O)C[C@H]1c2cc(F)cc(F)c2S(=O)(=O)N1C1CCN(Cc2ccccc2)CC1. The fraction of sp³-hybridized carbons (Fsp3) is 0.381. The zero-order valence-electron chi connectivity index (χ0n) is 16.2. The molecule has 2 aromatic carbocycles. The van der Waals surface area contributed by atoms with E-state index in [1.807, 2.05) is 30.3 Å². The molecule has 0 bridgehead atoms. The van der Waals surface area contributed by atoms with Gasteiger partial charge in [-0.05, 0) is 30.0 Å². The van der Waals surface area contributed by atoms with Crippen molar-refractivity contribution < 1.29 is 27.1 Å². The third-order valence-electron chi connectivity index (χ3n) is 5.77. The maximum absolute atomic E-state index is 14.4. The number of benzene rings is 2. The van der Waals surface area contributed by atoms with Crippen molar-refractivity contribution in [1.82, 2.24) is 9.21 Å². The summed E-state index contributed by atoms with van der Waals surface area (Å²) < 4.78 is 55.6. The monoisotopic (exact) mass is 436 g/mol. The number of halogens is 2. The molecular weight excluding hydrogens is 414 g/mol. The highest BCUT2D eigenvalue weighted by molar-refractivity contribution is 7.89. The van der Waals surface area contributed by atoms with E-state index in [9.17, 15) is 27.1 Å². The van der Waals surface area contributed by atoms with Gasteiger partial charge in [-0.1, -0.05) is 30.3 Å². The van der Waals surface area contributed by atoms with Crippen LogP contribution in [0.25, 0.3) is 0 Å². The summed E-state index contributed by atoms with van der Waals surface area (Å²) in [6.07, 6.45) is 0.430. The van der Waals surface area contributed by atoms with Crippen LogP contribution in [-0.2, 0) is 21.4 Å². The summed E-state index contributed by atoms with van der Waals surface area (Å²) in [7, 11) is -4.25. The van der Waals surface area contributed by atoms with Gasteiger partial charge in [0.25, 0.3) is 0 Å². The van der Waals surface area contributed by atoms with E-state index < -0.39 is 51.0 Å². The lowest BCUT2D eigenvalue weighted by atomic mass is 9.98. The van der Waals surface area contributed by atoms with Gasteiger partial charge in [0.1, 0.15) is 16.5 Å². The summed E-state index contributed by atoms with van der Waals surface area (Å²) in [6.45, 7) is 1.98. The second kappa shape index (κ2) is 8.05. The van der Waals surface area contributed by atoms with Gasteiger partial charge in [-0.3, -0.25) is 9.69 Å². The summed E-state index contributed by atoms with van der Waals surface area (Å²) in [5.41, 5.74) is 1.04. The van der Waals surface area contributed by atoms with E-state index in [4.69, 9.17) is 0 Å². The molecule has 0 unspecified atom stereocenters. The molecule has 4 rings (SSSR count). The Hall–Kier alpha value is -2.36. The van der Waals surface area contributed by atoms with Crippen LogP contribution >= 0.6 is 0 Å². The lowest BCUT2D eigenvalue weighted by molar-refractivity contribution is -0.138. The number of likely N-dealkylation sites (tertiary alicyclic amines) is 1. The van der Waals surface area contributed by atoms with Crippen LogP contribution in [0.5, 0.6) is 0 Å². The van der Waals surface area contributed by atoms with Crippen LogP contribution in [-0.4, -0.2) is 47.8 Å². The molecule has 1 fully saturated rings. The average Bonchev–Trinajstić information content (AvgIpc) is 2.89. The van der Waals surface area contributed by atoms with Crippen molar-refractivity contribution in [3.05, 3.63) is 65.2 Å². The predicted octanol–water partition coefficient (Wildman–Crippen LogP) is 3.15. The first kappa shape index (κ1) is 20.9. The van der Waals surface area contributed by atoms with Crippen molar-refractivity contribution in [1.29, 1.82) is 0 Å². The second-order valence-electron chi connectivity index (χ2n) is 7.75. The van der Waals surface area contributed by atoms with E-state index in [1.165, 1.54) is 0 Å². The molecule has 0 aliphatic carbocycles. The topological polar surface area (TPSA) is 77.9 Å². The molecule has 1 atom stereocenters. The van der Waals surface area contributed by atoms with Crippen LogP contribution in [0.2, 0.25) is 0 Å². The lowest BCUT2D eigenvalue weighted by Gasteiger charge is -2.38. The van der Waals surface area contributed by atoms with Gasteiger partial charge < -0.3 is 5.11 Å². The molecule has 30 heavy (non-hydrogen) atoms. The number of piperidine rings is 1. The number of carbonyl (C=O) groups is 1. The minimum Gasteiger partial charge on any atom is -0.481 e. The number of carboxylic acid groups (broad SMARTS) is 1. The molecule has 9 heteroatoms. The average molecular weight is 436 g/mol. The van der Waals surface area contributed by atoms with Crippen molar-refractivity contribution in [3.63, 3.8) is 0 Å². The molecule has 6 nitrogen and oxygen atoms in total. The van der Waals surface area contributed by atoms with Gasteiger partial charge in [0, 0.05) is 31.7 Å². The van der Waals surface area contributed by atoms with Crippen LogP contribution in [0.4, 0.5) is 8.78 Å². The van der Waals surface area contributed by atoms with Crippen LogP contribution < -0.4 is 0 Å².